The van der Waals surface area contributed by atoms with E-state index >= 15 is 0 Å². The van der Waals surface area contributed by atoms with Crippen LogP contribution in [0.1, 0.15) is 55.6 Å². The van der Waals surface area contributed by atoms with Gasteiger partial charge in [-0.1, -0.05) is 48.9 Å². The number of carbonyl (C=O) groups excluding carboxylic acids is 3. The molecule has 0 aliphatic heterocycles. The van der Waals surface area contributed by atoms with Crippen LogP contribution in [0.3, 0.4) is 0 Å². The van der Waals surface area contributed by atoms with Gasteiger partial charge in [-0.15, -0.1) is 0 Å². The van der Waals surface area contributed by atoms with Crippen LogP contribution in [0.15, 0.2) is 42.5 Å². The summed E-state index contributed by atoms with van der Waals surface area (Å²) in [5.41, 5.74) is 2.13. The number of anilines is 1. The fourth-order valence-corrected chi connectivity index (χ4v) is 4.62. The zero-order valence-corrected chi connectivity index (χ0v) is 22.0. The van der Waals surface area contributed by atoms with Gasteiger partial charge >= 0.3 is 11.9 Å². The van der Waals surface area contributed by atoms with Crippen molar-refractivity contribution >= 4 is 35.1 Å². The molecule has 0 radical (unpaired) electrons. The SMILES string of the molecule is CCOC(=O)c1cc(Cl)cc(C)c1NC(=O)C(CC)[N+](CC)(CC)CC(=O)OCc1ccccc1. The van der Waals surface area contributed by atoms with Crippen LogP contribution in [0.2, 0.25) is 5.02 Å². The molecular weight excluding hydrogens is 468 g/mol. The summed E-state index contributed by atoms with van der Waals surface area (Å²) in [5.74, 6) is -1.20. The molecule has 1 amide bonds. The van der Waals surface area contributed by atoms with Crippen molar-refractivity contribution in [1.82, 2.24) is 0 Å². The highest BCUT2D eigenvalue weighted by molar-refractivity contribution is 6.31. The zero-order chi connectivity index (χ0) is 26.0. The van der Waals surface area contributed by atoms with E-state index < -0.39 is 12.0 Å². The molecule has 0 saturated carbocycles. The quantitative estimate of drug-likeness (QED) is 0.320. The summed E-state index contributed by atoms with van der Waals surface area (Å²) in [6.07, 6.45) is 0.501. The van der Waals surface area contributed by atoms with Gasteiger partial charge in [-0.2, -0.15) is 0 Å². The van der Waals surface area contributed by atoms with Gasteiger partial charge in [0.15, 0.2) is 12.6 Å². The number of hydrogen-bond donors (Lipinski definition) is 1. The molecule has 8 heteroatoms. The van der Waals surface area contributed by atoms with Crippen molar-refractivity contribution in [2.45, 2.75) is 53.7 Å². The molecule has 190 valence electrons. The molecule has 0 bridgehead atoms. The summed E-state index contributed by atoms with van der Waals surface area (Å²) in [6, 6.07) is 12.1. The maximum absolute atomic E-state index is 13.6. The Hall–Kier alpha value is -2.90. The average Bonchev–Trinajstić information content (AvgIpc) is 2.84. The van der Waals surface area contributed by atoms with Crippen molar-refractivity contribution in [3.8, 4) is 0 Å². The molecule has 2 aromatic carbocycles. The van der Waals surface area contributed by atoms with Gasteiger partial charge in [-0.05, 0) is 51.0 Å². The Kier molecular flexibility index (Phi) is 10.7. The van der Waals surface area contributed by atoms with Crippen molar-refractivity contribution in [2.24, 2.45) is 0 Å². The molecule has 1 unspecified atom stereocenters. The third-order valence-corrected chi connectivity index (χ3v) is 6.56. The van der Waals surface area contributed by atoms with Crippen LogP contribution >= 0.6 is 11.6 Å². The molecule has 35 heavy (non-hydrogen) atoms. The number of rotatable bonds is 12. The Morgan fingerprint density at radius 2 is 1.66 bits per heavy atom. The second-order valence-corrected chi connectivity index (χ2v) is 8.87. The number of amides is 1. The molecule has 0 aliphatic carbocycles. The third-order valence-electron chi connectivity index (χ3n) is 6.34. The number of benzene rings is 2. The second-order valence-electron chi connectivity index (χ2n) is 8.43. The maximum Gasteiger partial charge on any atom is 0.362 e. The maximum atomic E-state index is 13.6. The van der Waals surface area contributed by atoms with E-state index in [-0.39, 0.29) is 41.7 Å². The monoisotopic (exact) mass is 503 g/mol. The first-order chi connectivity index (χ1) is 16.7. The number of aryl methyl sites for hydroxylation is 1. The summed E-state index contributed by atoms with van der Waals surface area (Å²) < 4.78 is 10.9. The summed E-state index contributed by atoms with van der Waals surface area (Å²) in [6.45, 7) is 10.9. The standard InChI is InChI=1S/C27H35ClN2O5/c1-6-23(26(32)29-25-19(5)15-21(28)16-22(25)27(33)34-9-4)30(7-2,8-3)17-24(31)35-18-20-13-11-10-12-14-20/h10-16,23H,6-9,17-18H2,1-5H3/p+1. The summed E-state index contributed by atoms with van der Waals surface area (Å²) in [7, 11) is 0. The molecule has 1 N–H and O–H groups in total. The van der Waals surface area contributed by atoms with E-state index in [1.807, 2.05) is 51.1 Å². The van der Waals surface area contributed by atoms with Crippen molar-refractivity contribution in [1.29, 1.82) is 0 Å². The average molecular weight is 504 g/mol. The smallest absolute Gasteiger partial charge is 0.362 e. The van der Waals surface area contributed by atoms with Crippen molar-refractivity contribution in [2.75, 3.05) is 31.6 Å². The van der Waals surface area contributed by atoms with E-state index in [9.17, 15) is 14.4 Å². The molecule has 2 rings (SSSR count). The first-order valence-corrected chi connectivity index (χ1v) is 12.4. The highest BCUT2D eigenvalue weighted by atomic mass is 35.5. The summed E-state index contributed by atoms with van der Waals surface area (Å²) in [4.78, 5) is 38.9. The fourth-order valence-electron chi connectivity index (χ4n) is 4.35. The van der Waals surface area contributed by atoms with Gasteiger partial charge in [-0.25, -0.2) is 9.59 Å². The van der Waals surface area contributed by atoms with E-state index in [2.05, 4.69) is 5.32 Å². The van der Waals surface area contributed by atoms with E-state index in [0.29, 0.717) is 35.8 Å². The van der Waals surface area contributed by atoms with Crippen LogP contribution in [0, 0.1) is 6.92 Å². The molecule has 1 atom stereocenters. The Labute approximate surface area is 212 Å². The summed E-state index contributed by atoms with van der Waals surface area (Å²) >= 11 is 6.17. The van der Waals surface area contributed by atoms with Crippen LogP contribution in [0.25, 0.3) is 0 Å². The largest absolute Gasteiger partial charge is 0.462 e. The topological polar surface area (TPSA) is 81.7 Å². The number of carbonyl (C=O) groups is 3. The lowest BCUT2D eigenvalue weighted by Crippen LogP contribution is -2.61. The number of quaternary nitrogens is 1. The van der Waals surface area contributed by atoms with Crippen molar-refractivity contribution in [3.63, 3.8) is 0 Å². The van der Waals surface area contributed by atoms with Crippen molar-refractivity contribution < 1.29 is 28.3 Å². The van der Waals surface area contributed by atoms with E-state index in [1.54, 1.807) is 19.9 Å². The van der Waals surface area contributed by atoms with Crippen molar-refractivity contribution in [3.05, 3.63) is 64.2 Å². The van der Waals surface area contributed by atoms with Crippen LogP contribution in [0.4, 0.5) is 5.69 Å². The third kappa shape index (κ3) is 7.29. The van der Waals surface area contributed by atoms with Crippen LogP contribution in [0.5, 0.6) is 0 Å². The predicted molar refractivity (Wildman–Crippen MR) is 137 cm³/mol. The second kappa shape index (κ2) is 13.3. The normalized spacial score (nSPS) is 12.1. The van der Waals surface area contributed by atoms with Gasteiger partial charge in [0.2, 0.25) is 0 Å². The molecule has 0 saturated heterocycles. The molecule has 0 aliphatic rings. The number of nitrogens with zero attached hydrogens (tertiary/aromatic N) is 1. The van der Waals surface area contributed by atoms with Gasteiger partial charge < -0.3 is 19.3 Å². The predicted octanol–water partition coefficient (Wildman–Crippen LogP) is 5.14. The van der Waals surface area contributed by atoms with Gasteiger partial charge in [0.05, 0.1) is 30.9 Å². The molecule has 0 spiro atoms. The number of esters is 2. The lowest BCUT2D eigenvalue weighted by atomic mass is 10.0. The molecule has 2 aromatic rings. The number of hydrogen-bond acceptors (Lipinski definition) is 5. The molecule has 0 aromatic heterocycles. The van der Waals surface area contributed by atoms with Gasteiger partial charge in [-0.3, -0.25) is 4.79 Å². The zero-order valence-electron chi connectivity index (χ0n) is 21.2. The van der Waals surface area contributed by atoms with Crippen LogP contribution < -0.4 is 5.32 Å². The van der Waals surface area contributed by atoms with Gasteiger partial charge in [0.25, 0.3) is 5.91 Å². The number of nitrogens with one attached hydrogen (secondary N) is 1. The van der Waals surface area contributed by atoms with Crippen LogP contribution in [-0.4, -0.2) is 54.6 Å². The minimum atomic E-state index is -0.558. The fraction of sp³-hybridized carbons (Fsp3) is 0.444. The molecular formula is C27H36ClN2O5+. The number of halogens is 1. The minimum Gasteiger partial charge on any atom is -0.462 e. The van der Waals surface area contributed by atoms with E-state index in [1.165, 1.54) is 6.07 Å². The number of ether oxygens (including phenoxy) is 2. The Morgan fingerprint density at radius 1 is 1.00 bits per heavy atom. The lowest BCUT2D eigenvalue weighted by molar-refractivity contribution is -0.932. The van der Waals surface area contributed by atoms with E-state index in [4.69, 9.17) is 21.1 Å². The van der Waals surface area contributed by atoms with Gasteiger partial charge in [0, 0.05) is 11.4 Å². The molecule has 0 heterocycles. The first kappa shape index (κ1) is 28.3. The highest BCUT2D eigenvalue weighted by Crippen LogP contribution is 2.28. The lowest BCUT2D eigenvalue weighted by Gasteiger charge is -2.41. The Balaban J connectivity index is 2.27. The minimum absolute atomic E-state index is 0.0656. The first-order valence-electron chi connectivity index (χ1n) is 12.0. The highest BCUT2D eigenvalue weighted by Gasteiger charge is 2.41. The van der Waals surface area contributed by atoms with Crippen LogP contribution in [-0.2, 0) is 25.7 Å². The summed E-state index contributed by atoms with van der Waals surface area (Å²) in [5, 5.41) is 3.31. The number of likely N-dealkylation sites (N-methyl/N-ethyl adjacent to an activating group) is 1. The Bertz CT molecular complexity index is 1020. The Morgan fingerprint density at radius 3 is 2.23 bits per heavy atom. The van der Waals surface area contributed by atoms with Gasteiger partial charge in [0.1, 0.15) is 6.61 Å². The van der Waals surface area contributed by atoms with E-state index in [0.717, 1.165) is 5.56 Å². The molecule has 7 nitrogen and oxygen atoms in total. The molecule has 0 fully saturated rings.